The second-order valence-electron chi connectivity index (χ2n) is 6.91. The first-order valence-corrected chi connectivity index (χ1v) is 9.39. The van der Waals surface area contributed by atoms with Gasteiger partial charge in [-0.2, -0.15) is 13.2 Å². The van der Waals surface area contributed by atoms with Crippen LogP contribution in [0.5, 0.6) is 0 Å². The van der Waals surface area contributed by atoms with Crippen molar-refractivity contribution >= 4 is 11.6 Å². The van der Waals surface area contributed by atoms with Crippen LogP contribution < -0.4 is 5.32 Å². The molecule has 5 nitrogen and oxygen atoms in total. The van der Waals surface area contributed by atoms with Crippen LogP contribution in [-0.4, -0.2) is 48.8 Å². The van der Waals surface area contributed by atoms with Gasteiger partial charge in [0.05, 0.1) is 24.9 Å². The number of amides is 1. The molecule has 0 aliphatic carbocycles. The van der Waals surface area contributed by atoms with Crippen LogP contribution in [0.2, 0.25) is 0 Å². The van der Waals surface area contributed by atoms with E-state index in [1.807, 2.05) is 0 Å². The number of hydrogen-bond acceptors (Lipinski definition) is 4. The molecule has 0 spiro atoms. The summed E-state index contributed by atoms with van der Waals surface area (Å²) in [7, 11) is 0. The van der Waals surface area contributed by atoms with Crippen LogP contribution in [0.15, 0.2) is 48.5 Å². The van der Waals surface area contributed by atoms with Crippen molar-refractivity contribution in [2.75, 3.05) is 38.2 Å². The van der Waals surface area contributed by atoms with Gasteiger partial charge in [-0.15, -0.1) is 0 Å². The summed E-state index contributed by atoms with van der Waals surface area (Å²) in [4.78, 5) is 14.5. The average molecular weight is 408 g/mol. The van der Waals surface area contributed by atoms with Gasteiger partial charge >= 0.3 is 6.18 Å². The van der Waals surface area contributed by atoms with E-state index in [1.54, 1.807) is 24.3 Å². The lowest BCUT2D eigenvalue weighted by molar-refractivity contribution is -0.137. The molecule has 1 fully saturated rings. The fourth-order valence-electron chi connectivity index (χ4n) is 3.10. The Morgan fingerprint density at radius 1 is 1.07 bits per heavy atom. The van der Waals surface area contributed by atoms with E-state index in [-0.39, 0.29) is 5.56 Å². The predicted octanol–water partition coefficient (Wildman–Crippen LogP) is 3.71. The molecule has 3 rings (SSSR count). The highest BCUT2D eigenvalue weighted by Crippen LogP contribution is 2.29. The molecule has 1 aliphatic rings. The molecule has 1 heterocycles. The topological polar surface area (TPSA) is 61.8 Å². The molecule has 8 heteroatoms. The molecular formula is C21H23F3N2O3. The van der Waals surface area contributed by atoms with Crippen LogP contribution in [0.25, 0.3) is 0 Å². The lowest BCUT2D eigenvalue weighted by Crippen LogP contribution is -2.37. The summed E-state index contributed by atoms with van der Waals surface area (Å²) in [5, 5.41) is 13.0. The minimum Gasteiger partial charge on any atom is -0.388 e. The van der Waals surface area contributed by atoms with Gasteiger partial charge in [0.1, 0.15) is 0 Å². The number of carbonyl (C=O) groups is 1. The SMILES string of the molecule is O=C(Nc1ccc(C(O)CCN2CCOCC2)cc1)c1ccc(C(F)(F)F)cc1. The Morgan fingerprint density at radius 2 is 1.69 bits per heavy atom. The quantitative estimate of drug-likeness (QED) is 0.765. The smallest absolute Gasteiger partial charge is 0.388 e. The highest BCUT2D eigenvalue weighted by Gasteiger charge is 2.30. The van der Waals surface area contributed by atoms with Gasteiger partial charge in [0, 0.05) is 30.9 Å². The Morgan fingerprint density at radius 3 is 2.28 bits per heavy atom. The highest BCUT2D eigenvalue weighted by atomic mass is 19.4. The number of aliphatic hydroxyl groups is 1. The molecule has 0 bridgehead atoms. The minimum absolute atomic E-state index is 0.132. The summed E-state index contributed by atoms with van der Waals surface area (Å²) in [6, 6.07) is 10.8. The largest absolute Gasteiger partial charge is 0.416 e. The molecule has 2 aromatic rings. The second-order valence-corrected chi connectivity index (χ2v) is 6.91. The normalized spacial score (nSPS) is 16.4. The lowest BCUT2D eigenvalue weighted by atomic mass is 10.1. The van der Waals surface area contributed by atoms with Crippen molar-refractivity contribution in [3.63, 3.8) is 0 Å². The monoisotopic (exact) mass is 408 g/mol. The molecule has 0 saturated carbocycles. The van der Waals surface area contributed by atoms with Crippen molar-refractivity contribution in [3.05, 3.63) is 65.2 Å². The number of halogens is 3. The van der Waals surface area contributed by atoms with Crippen molar-refractivity contribution in [2.24, 2.45) is 0 Å². The summed E-state index contributed by atoms with van der Waals surface area (Å²) in [6.07, 6.45) is -4.46. The third kappa shape index (κ3) is 6.03. The maximum absolute atomic E-state index is 12.6. The first-order chi connectivity index (χ1) is 13.8. The predicted molar refractivity (Wildman–Crippen MR) is 103 cm³/mol. The summed E-state index contributed by atoms with van der Waals surface area (Å²) < 4.78 is 43.1. The Labute approximate surface area is 167 Å². The van der Waals surface area contributed by atoms with Crippen LogP contribution in [0.4, 0.5) is 18.9 Å². The minimum atomic E-state index is -4.44. The molecule has 1 atom stereocenters. The molecule has 1 saturated heterocycles. The Bertz CT molecular complexity index is 801. The van der Waals surface area contributed by atoms with Gasteiger partial charge in [0.2, 0.25) is 0 Å². The standard InChI is InChI=1S/C21H23F3N2O3/c22-21(23,24)17-5-1-16(2-6-17)20(28)25-18-7-3-15(4-8-18)19(27)9-10-26-11-13-29-14-12-26/h1-8,19,27H,9-14H2,(H,25,28). The molecule has 2 N–H and O–H groups in total. The number of carbonyl (C=O) groups excluding carboxylic acids is 1. The van der Waals surface area contributed by atoms with Gasteiger partial charge in [-0.3, -0.25) is 9.69 Å². The number of anilines is 1. The number of morpholine rings is 1. The summed E-state index contributed by atoms with van der Waals surface area (Å²) in [5.41, 5.74) is 0.571. The summed E-state index contributed by atoms with van der Waals surface area (Å²) >= 11 is 0. The zero-order valence-corrected chi connectivity index (χ0v) is 15.8. The van der Waals surface area contributed by atoms with Crippen LogP contribution in [-0.2, 0) is 10.9 Å². The van der Waals surface area contributed by atoms with Gasteiger partial charge in [0.25, 0.3) is 5.91 Å². The molecule has 1 aliphatic heterocycles. The Hall–Kier alpha value is -2.42. The van der Waals surface area contributed by atoms with Gasteiger partial charge in [-0.25, -0.2) is 0 Å². The van der Waals surface area contributed by atoms with E-state index in [0.717, 1.165) is 49.5 Å². The van der Waals surface area contributed by atoms with Crippen molar-refractivity contribution in [1.29, 1.82) is 0 Å². The van der Waals surface area contributed by atoms with E-state index in [9.17, 15) is 23.1 Å². The molecule has 1 amide bonds. The third-order valence-electron chi connectivity index (χ3n) is 4.85. The highest BCUT2D eigenvalue weighted by molar-refractivity contribution is 6.04. The number of alkyl halides is 3. The first-order valence-electron chi connectivity index (χ1n) is 9.39. The van der Waals surface area contributed by atoms with E-state index < -0.39 is 23.8 Å². The fraction of sp³-hybridized carbons (Fsp3) is 0.381. The molecule has 1 unspecified atom stereocenters. The van der Waals surface area contributed by atoms with Crippen molar-refractivity contribution in [3.8, 4) is 0 Å². The van der Waals surface area contributed by atoms with Crippen molar-refractivity contribution in [2.45, 2.75) is 18.7 Å². The molecule has 0 aromatic heterocycles. The van der Waals surface area contributed by atoms with Gasteiger partial charge in [0.15, 0.2) is 0 Å². The molecule has 29 heavy (non-hydrogen) atoms. The zero-order chi connectivity index (χ0) is 20.9. The number of nitrogens with zero attached hydrogens (tertiary/aromatic N) is 1. The molecule has 0 radical (unpaired) electrons. The molecule has 156 valence electrons. The fourth-order valence-corrected chi connectivity index (χ4v) is 3.10. The van der Waals surface area contributed by atoms with Crippen LogP contribution >= 0.6 is 0 Å². The lowest BCUT2D eigenvalue weighted by Gasteiger charge is -2.27. The second kappa shape index (κ2) is 9.39. The van der Waals surface area contributed by atoms with Gasteiger partial charge in [-0.1, -0.05) is 12.1 Å². The molecule has 2 aromatic carbocycles. The zero-order valence-electron chi connectivity index (χ0n) is 15.8. The number of aliphatic hydroxyl groups excluding tert-OH is 1. The number of rotatable bonds is 6. The number of benzene rings is 2. The van der Waals surface area contributed by atoms with Crippen molar-refractivity contribution in [1.82, 2.24) is 4.90 Å². The van der Waals surface area contributed by atoms with E-state index in [1.165, 1.54) is 0 Å². The Kier molecular flexibility index (Phi) is 6.89. The summed E-state index contributed by atoms with van der Waals surface area (Å²) in [6.45, 7) is 3.92. The van der Waals surface area contributed by atoms with Gasteiger partial charge in [-0.05, 0) is 48.4 Å². The third-order valence-corrected chi connectivity index (χ3v) is 4.85. The number of ether oxygens (including phenoxy) is 1. The Balaban J connectivity index is 1.53. The van der Waals surface area contributed by atoms with E-state index in [2.05, 4.69) is 10.2 Å². The van der Waals surface area contributed by atoms with Gasteiger partial charge < -0.3 is 15.2 Å². The van der Waals surface area contributed by atoms with Crippen LogP contribution in [0.1, 0.15) is 34.0 Å². The van der Waals surface area contributed by atoms with E-state index in [4.69, 9.17) is 4.74 Å². The first kappa shape index (κ1) is 21.3. The van der Waals surface area contributed by atoms with Crippen molar-refractivity contribution < 1.29 is 27.8 Å². The maximum Gasteiger partial charge on any atom is 0.416 e. The number of hydrogen-bond donors (Lipinski definition) is 2. The van der Waals surface area contributed by atoms with E-state index in [0.29, 0.717) is 25.3 Å². The summed E-state index contributed by atoms with van der Waals surface area (Å²) in [5.74, 6) is -0.501. The van der Waals surface area contributed by atoms with E-state index >= 15 is 0 Å². The number of nitrogens with one attached hydrogen (secondary N) is 1. The average Bonchev–Trinajstić information content (AvgIpc) is 2.73. The van der Waals surface area contributed by atoms with Crippen LogP contribution in [0, 0.1) is 0 Å². The molecular weight excluding hydrogens is 385 g/mol. The van der Waals surface area contributed by atoms with Crippen LogP contribution in [0.3, 0.4) is 0 Å². The maximum atomic E-state index is 12.6.